The third kappa shape index (κ3) is 6.34. The Kier molecular flexibility index (Phi) is 4.89. The van der Waals surface area contributed by atoms with E-state index in [1.165, 1.54) is 0 Å². The molecule has 0 bridgehead atoms. The lowest BCUT2D eigenvalue weighted by atomic mass is 10.3. The smallest absolute Gasteiger partial charge is 0.228 e. The van der Waals surface area contributed by atoms with Crippen molar-refractivity contribution in [1.82, 2.24) is 0 Å². The Bertz CT molecular complexity index is 375. The first kappa shape index (κ1) is 12.3. The molecule has 0 unspecified atom stereocenters. The maximum Gasteiger partial charge on any atom is 0.228 e. The van der Waals surface area contributed by atoms with Crippen LogP contribution in [0, 0.1) is 0 Å². The van der Waals surface area contributed by atoms with E-state index in [4.69, 9.17) is 4.74 Å². The van der Waals surface area contributed by atoms with Gasteiger partial charge in [-0.05, 0) is 12.1 Å². The van der Waals surface area contributed by atoms with E-state index in [2.05, 4.69) is 3.63 Å². The van der Waals surface area contributed by atoms with Crippen LogP contribution in [0.3, 0.4) is 0 Å². The fraction of sp³-hybridized carbons (Fsp3) is 0.250. The molecule has 0 aliphatic rings. The van der Waals surface area contributed by atoms with Crippen molar-refractivity contribution in [3.8, 4) is 5.75 Å². The molecule has 1 rings (SSSR count). The molecule has 0 saturated carbocycles. The lowest BCUT2D eigenvalue weighted by Crippen LogP contribution is -2.03. The van der Waals surface area contributed by atoms with Crippen molar-refractivity contribution in [3.05, 3.63) is 30.3 Å². The maximum absolute atomic E-state index is 10.0. The minimum atomic E-state index is -4.61. The SMILES string of the molecule is O=S(=O)([O-])OSCCOc1ccccc1. The molecule has 1 aromatic rings. The fourth-order valence-corrected chi connectivity index (χ4v) is 1.70. The normalized spacial score (nSPS) is 11.3. The van der Waals surface area contributed by atoms with Crippen LogP contribution in [-0.2, 0) is 14.0 Å². The van der Waals surface area contributed by atoms with E-state index in [1.54, 1.807) is 12.1 Å². The van der Waals surface area contributed by atoms with Crippen LogP contribution in [0.5, 0.6) is 5.75 Å². The highest BCUT2D eigenvalue weighted by molar-refractivity contribution is 8.02. The molecule has 1 aromatic carbocycles. The van der Waals surface area contributed by atoms with Gasteiger partial charge in [0.05, 0.1) is 12.4 Å². The predicted octanol–water partition coefficient (Wildman–Crippen LogP) is 1.19. The van der Waals surface area contributed by atoms with Crippen molar-refractivity contribution in [1.29, 1.82) is 0 Å². The molecule has 0 spiro atoms. The zero-order valence-electron chi connectivity index (χ0n) is 7.66. The summed E-state index contributed by atoms with van der Waals surface area (Å²) in [5.41, 5.74) is 0. The highest BCUT2D eigenvalue weighted by Crippen LogP contribution is 2.10. The molecule has 0 N–H and O–H groups in total. The van der Waals surface area contributed by atoms with Gasteiger partial charge in [-0.25, -0.2) is 12.0 Å². The Hall–Kier alpha value is -0.760. The number of para-hydroxylation sites is 1. The Morgan fingerprint density at radius 2 is 1.93 bits per heavy atom. The van der Waals surface area contributed by atoms with E-state index < -0.39 is 10.4 Å². The highest BCUT2D eigenvalue weighted by Gasteiger charge is 1.96. The van der Waals surface area contributed by atoms with Gasteiger partial charge in [0.15, 0.2) is 0 Å². The molecule has 0 saturated heterocycles. The van der Waals surface area contributed by atoms with Gasteiger partial charge >= 0.3 is 0 Å². The van der Waals surface area contributed by atoms with E-state index in [9.17, 15) is 13.0 Å². The van der Waals surface area contributed by atoms with Crippen LogP contribution < -0.4 is 4.74 Å². The van der Waals surface area contributed by atoms with Crippen LogP contribution in [0.25, 0.3) is 0 Å². The molecule has 84 valence electrons. The third-order valence-corrected chi connectivity index (χ3v) is 2.69. The first-order valence-corrected chi connectivity index (χ1v) is 6.27. The molecule has 0 atom stereocenters. The molecular weight excluding hydrogens is 240 g/mol. The summed E-state index contributed by atoms with van der Waals surface area (Å²) in [6.07, 6.45) is 0. The zero-order valence-corrected chi connectivity index (χ0v) is 9.29. The van der Waals surface area contributed by atoms with Crippen molar-refractivity contribution in [2.75, 3.05) is 12.4 Å². The molecule has 0 aromatic heterocycles. The molecule has 0 aliphatic carbocycles. The number of benzene rings is 1. The lowest BCUT2D eigenvalue weighted by Gasteiger charge is -2.07. The van der Waals surface area contributed by atoms with Crippen LogP contribution >= 0.6 is 12.0 Å². The van der Waals surface area contributed by atoms with Crippen LogP contribution in [-0.4, -0.2) is 25.3 Å². The number of rotatable bonds is 6. The molecule has 0 heterocycles. The van der Waals surface area contributed by atoms with Crippen molar-refractivity contribution >= 4 is 22.4 Å². The van der Waals surface area contributed by atoms with Crippen LogP contribution in [0.15, 0.2) is 30.3 Å². The molecule has 0 radical (unpaired) electrons. The molecular formula is C8H9O5S2-. The average molecular weight is 249 g/mol. The van der Waals surface area contributed by atoms with E-state index >= 15 is 0 Å². The molecule has 0 fully saturated rings. The minimum Gasteiger partial charge on any atom is -0.725 e. The minimum absolute atomic E-state index is 0.260. The Morgan fingerprint density at radius 3 is 2.53 bits per heavy atom. The summed E-state index contributed by atoms with van der Waals surface area (Å²) in [6.45, 7) is 0.268. The van der Waals surface area contributed by atoms with Crippen LogP contribution in [0.1, 0.15) is 0 Å². The van der Waals surface area contributed by atoms with Gasteiger partial charge in [-0.2, -0.15) is 0 Å². The van der Waals surface area contributed by atoms with Crippen molar-refractivity contribution in [3.63, 3.8) is 0 Å². The second-order valence-electron chi connectivity index (χ2n) is 2.46. The van der Waals surface area contributed by atoms with Gasteiger partial charge in [0, 0.05) is 12.0 Å². The Morgan fingerprint density at radius 1 is 1.27 bits per heavy atom. The van der Waals surface area contributed by atoms with E-state index in [1.807, 2.05) is 18.2 Å². The summed E-state index contributed by atoms with van der Waals surface area (Å²) in [5.74, 6) is 0.944. The first-order chi connectivity index (χ1) is 7.08. The van der Waals surface area contributed by atoms with Gasteiger partial charge in [0.2, 0.25) is 10.4 Å². The average Bonchev–Trinajstić information content (AvgIpc) is 2.17. The summed E-state index contributed by atoms with van der Waals surface area (Å²) in [4.78, 5) is 0. The molecule has 5 nitrogen and oxygen atoms in total. The molecule has 0 aliphatic heterocycles. The fourth-order valence-electron chi connectivity index (χ4n) is 0.803. The maximum atomic E-state index is 10.0. The molecule has 7 heteroatoms. The van der Waals surface area contributed by atoms with E-state index in [-0.39, 0.29) is 12.4 Å². The van der Waals surface area contributed by atoms with E-state index in [0.29, 0.717) is 17.8 Å². The number of hydrogen-bond acceptors (Lipinski definition) is 6. The van der Waals surface area contributed by atoms with E-state index in [0.717, 1.165) is 0 Å². The van der Waals surface area contributed by atoms with Gasteiger partial charge < -0.3 is 9.29 Å². The van der Waals surface area contributed by atoms with Gasteiger partial charge in [0.1, 0.15) is 5.75 Å². The van der Waals surface area contributed by atoms with Crippen LogP contribution in [0.2, 0.25) is 0 Å². The Labute approximate surface area is 92.6 Å². The largest absolute Gasteiger partial charge is 0.725 e. The van der Waals surface area contributed by atoms with Gasteiger partial charge in [-0.1, -0.05) is 18.2 Å². The summed E-state index contributed by atoms with van der Waals surface area (Å²) in [7, 11) is -4.61. The highest BCUT2D eigenvalue weighted by atomic mass is 32.3. The number of hydrogen-bond donors (Lipinski definition) is 0. The summed E-state index contributed by atoms with van der Waals surface area (Å²) < 4.78 is 39.2. The summed E-state index contributed by atoms with van der Waals surface area (Å²) >= 11 is 0.554. The summed E-state index contributed by atoms with van der Waals surface area (Å²) in [6, 6.07) is 9.04. The standard InChI is InChI=1S/C8H10O5S2/c9-15(10,11)13-14-7-6-12-8-4-2-1-3-5-8/h1-5H,6-7H2,(H,9,10,11)/p-1. The van der Waals surface area contributed by atoms with Gasteiger partial charge in [0.25, 0.3) is 0 Å². The first-order valence-electron chi connectivity index (χ1n) is 4.03. The topological polar surface area (TPSA) is 75.7 Å². The van der Waals surface area contributed by atoms with Crippen LogP contribution in [0.4, 0.5) is 0 Å². The van der Waals surface area contributed by atoms with Crippen molar-refractivity contribution in [2.45, 2.75) is 0 Å². The van der Waals surface area contributed by atoms with Crippen molar-refractivity contribution in [2.24, 2.45) is 0 Å². The quantitative estimate of drug-likeness (QED) is 0.326. The van der Waals surface area contributed by atoms with Gasteiger partial charge in [-0.3, -0.25) is 0 Å². The van der Waals surface area contributed by atoms with Crippen molar-refractivity contribution < 1.29 is 21.3 Å². The second-order valence-corrected chi connectivity index (χ2v) is 4.46. The molecule has 15 heavy (non-hydrogen) atoms. The molecule has 0 amide bonds. The number of ether oxygens (including phenoxy) is 1. The monoisotopic (exact) mass is 249 g/mol. The van der Waals surface area contributed by atoms with Gasteiger partial charge in [-0.15, -0.1) is 0 Å². The third-order valence-electron chi connectivity index (χ3n) is 1.31. The zero-order chi connectivity index (χ0) is 11.1. The summed E-state index contributed by atoms with van der Waals surface area (Å²) in [5, 5.41) is 0. The lowest BCUT2D eigenvalue weighted by molar-refractivity contribution is 0.341. The second kappa shape index (κ2) is 5.96. The Balaban J connectivity index is 2.13. The predicted molar refractivity (Wildman–Crippen MR) is 55.2 cm³/mol.